The van der Waals surface area contributed by atoms with Gasteiger partial charge in [0.25, 0.3) is 5.69 Å². The average molecular weight is 372 g/mol. The number of rotatable bonds is 3. The first-order valence-corrected chi connectivity index (χ1v) is 7.40. The minimum absolute atomic E-state index is 0.0753. The average Bonchev–Trinajstić information content (AvgIpc) is 2.55. The standard InChI is InChI=1S/C16H10BrN3O3/c17-13-4-5-14(16-12(13)2-1-7-18-16)19-9-10-8-11(20(22)23)3-6-15(10)21/h1-9,21H. The third-order valence-corrected chi connectivity index (χ3v) is 3.95. The zero-order chi connectivity index (χ0) is 16.4. The first kappa shape index (κ1) is 15.1. The number of phenols is 1. The Labute approximate surface area is 139 Å². The van der Waals surface area contributed by atoms with Crippen molar-refractivity contribution in [2.24, 2.45) is 4.99 Å². The predicted molar refractivity (Wildman–Crippen MR) is 91.5 cm³/mol. The molecule has 114 valence electrons. The van der Waals surface area contributed by atoms with Crippen molar-refractivity contribution in [2.45, 2.75) is 0 Å². The van der Waals surface area contributed by atoms with Crippen molar-refractivity contribution < 1.29 is 10.0 Å². The van der Waals surface area contributed by atoms with Gasteiger partial charge in [0.2, 0.25) is 0 Å². The van der Waals surface area contributed by atoms with Gasteiger partial charge >= 0.3 is 0 Å². The molecule has 0 aliphatic heterocycles. The summed E-state index contributed by atoms with van der Waals surface area (Å²) in [6.45, 7) is 0. The largest absolute Gasteiger partial charge is 0.507 e. The van der Waals surface area contributed by atoms with Gasteiger partial charge in [-0.2, -0.15) is 0 Å². The summed E-state index contributed by atoms with van der Waals surface area (Å²) in [6, 6.07) is 11.2. The van der Waals surface area contributed by atoms with Crippen LogP contribution in [0.5, 0.6) is 5.75 Å². The number of nitro groups is 1. The molecule has 23 heavy (non-hydrogen) atoms. The molecule has 0 spiro atoms. The van der Waals surface area contributed by atoms with E-state index in [-0.39, 0.29) is 17.0 Å². The highest BCUT2D eigenvalue weighted by atomic mass is 79.9. The van der Waals surface area contributed by atoms with Crippen molar-refractivity contribution in [2.75, 3.05) is 0 Å². The normalized spacial score (nSPS) is 11.2. The van der Waals surface area contributed by atoms with Gasteiger partial charge in [-0.15, -0.1) is 0 Å². The number of aromatic nitrogens is 1. The number of phenolic OH excluding ortho intramolecular Hbond substituents is 1. The molecular formula is C16H10BrN3O3. The molecule has 6 nitrogen and oxygen atoms in total. The Morgan fingerprint density at radius 2 is 2.09 bits per heavy atom. The SMILES string of the molecule is O=[N+]([O-])c1ccc(O)c(C=Nc2ccc(Br)c3cccnc23)c1. The van der Waals surface area contributed by atoms with E-state index in [9.17, 15) is 15.2 Å². The Bertz CT molecular complexity index is 941. The molecule has 0 saturated carbocycles. The summed E-state index contributed by atoms with van der Waals surface area (Å²) in [6.07, 6.45) is 3.05. The number of halogens is 1. The van der Waals surface area contributed by atoms with E-state index in [1.807, 2.05) is 18.2 Å². The van der Waals surface area contributed by atoms with Gasteiger partial charge in [0, 0.05) is 40.0 Å². The van der Waals surface area contributed by atoms with Crippen molar-refractivity contribution in [3.05, 3.63) is 68.8 Å². The Morgan fingerprint density at radius 3 is 2.87 bits per heavy atom. The first-order valence-electron chi connectivity index (χ1n) is 6.61. The molecule has 0 atom stereocenters. The molecule has 0 amide bonds. The minimum atomic E-state index is -0.520. The van der Waals surface area contributed by atoms with Crippen molar-refractivity contribution in [3.63, 3.8) is 0 Å². The topological polar surface area (TPSA) is 88.6 Å². The van der Waals surface area contributed by atoms with Crippen LogP contribution in [-0.4, -0.2) is 21.2 Å². The van der Waals surface area contributed by atoms with Crippen LogP contribution < -0.4 is 0 Å². The van der Waals surface area contributed by atoms with Crippen LogP contribution in [0.15, 0.2) is 58.1 Å². The van der Waals surface area contributed by atoms with Gasteiger partial charge in [-0.05, 0) is 24.3 Å². The van der Waals surface area contributed by atoms with E-state index in [1.54, 1.807) is 12.3 Å². The molecule has 3 rings (SSSR count). The number of fused-ring (bicyclic) bond motifs is 1. The molecule has 0 radical (unpaired) electrons. The Kier molecular flexibility index (Phi) is 4.03. The van der Waals surface area contributed by atoms with Crippen LogP contribution in [-0.2, 0) is 0 Å². The maximum Gasteiger partial charge on any atom is 0.270 e. The number of aromatic hydroxyl groups is 1. The number of hydrogen-bond donors (Lipinski definition) is 1. The maximum absolute atomic E-state index is 10.8. The lowest BCUT2D eigenvalue weighted by atomic mass is 10.2. The summed E-state index contributed by atoms with van der Waals surface area (Å²) in [7, 11) is 0. The van der Waals surface area contributed by atoms with Gasteiger partial charge < -0.3 is 5.11 Å². The highest BCUT2D eigenvalue weighted by Gasteiger charge is 2.09. The van der Waals surface area contributed by atoms with Gasteiger partial charge in [-0.3, -0.25) is 20.1 Å². The van der Waals surface area contributed by atoms with E-state index in [0.29, 0.717) is 11.2 Å². The lowest BCUT2D eigenvalue weighted by Gasteiger charge is -2.03. The number of hydrogen-bond acceptors (Lipinski definition) is 5. The highest BCUT2D eigenvalue weighted by Crippen LogP contribution is 2.30. The maximum atomic E-state index is 10.8. The van der Waals surface area contributed by atoms with Crippen LogP contribution >= 0.6 is 15.9 Å². The third-order valence-electron chi connectivity index (χ3n) is 3.26. The van der Waals surface area contributed by atoms with E-state index in [4.69, 9.17) is 0 Å². The zero-order valence-corrected chi connectivity index (χ0v) is 13.3. The number of non-ortho nitro benzene ring substituents is 1. The van der Waals surface area contributed by atoms with Crippen LogP contribution in [0, 0.1) is 10.1 Å². The van der Waals surface area contributed by atoms with Crippen LogP contribution in [0.4, 0.5) is 11.4 Å². The Balaban J connectivity index is 2.06. The molecule has 0 bridgehead atoms. The smallest absolute Gasteiger partial charge is 0.270 e. The van der Waals surface area contributed by atoms with Crippen molar-refractivity contribution >= 4 is 44.4 Å². The number of benzene rings is 2. The van der Waals surface area contributed by atoms with Gasteiger partial charge in [0.05, 0.1) is 16.1 Å². The van der Waals surface area contributed by atoms with E-state index >= 15 is 0 Å². The minimum Gasteiger partial charge on any atom is -0.507 e. The Hall–Kier alpha value is -2.80. The molecule has 1 N–H and O–H groups in total. The van der Waals surface area contributed by atoms with Crippen molar-refractivity contribution in [1.82, 2.24) is 4.98 Å². The summed E-state index contributed by atoms with van der Waals surface area (Å²) in [5.41, 5.74) is 1.46. The van der Waals surface area contributed by atoms with Crippen LogP contribution in [0.3, 0.4) is 0 Å². The highest BCUT2D eigenvalue weighted by molar-refractivity contribution is 9.10. The summed E-state index contributed by atoms with van der Waals surface area (Å²) >= 11 is 3.46. The molecule has 0 aliphatic rings. The molecule has 1 heterocycles. The van der Waals surface area contributed by atoms with Crippen LogP contribution in [0.2, 0.25) is 0 Å². The molecule has 0 saturated heterocycles. The van der Waals surface area contributed by atoms with Crippen LogP contribution in [0.25, 0.3) is 10.9 Å². The number of pyridine rings is 1. The van der Waals surface area contributed by atoms with Crippen LogP contribution in [0.1, 0.15) is 5.56 Å². The molecular weight excluding hydrogens is 362 g/mol. The molecule has 0 fully saturated rings. The summed E-state index contributed by atoms with van der Waals surface area (Å²) in [5, 5.41) is 21.5. The Morgan fingerprint density at radius 1 is 1.26 bits per heavy atom. The number of nitro benzene ring substituents is 1. The summed E-state index contributed by atoms with van der Waals surface area (Å²) in [5.74, 6) is -0.0753. The van der Waals surface area contributed by atoms with E-state index < -0.39 is 4.92 Å². The quantitative estimate of drug-likeness (QED) is 0.420. The predicted octanol–water partition coefficient (Wildman–Crippen LogP) is 4.36. The molecule has 3 aromatic rings. The summed E-state index contributed by atoms with van der Waals surface area (Å²) in [4.78, 5) is 18.9. The number of aliphatic imine (C=N–C) groups is 1. The van der Waals surface area contributed by atoms with Crippen molar-refractivity contribution in [1.29, 1.82) is 0 Å². The molecule has 7 heteroatoms. The monoisotopic (exact) mass is 371 g/mol. The second-order valence-corrected chi connectivity index (χ2v) is 5.58. The fraction of sp³-hybridized carbons (Fsp3) is 0. The summed E-state index contributed by atoms with van der Waals surface area (Å²) < 4.78 is 0.901. The first-order chi connectivity index (χ1) is 11.1. The van der Waals surface area contributed by atoms with Gasteiger partial charge in [0.1, 0.15) is 5.75 Å². The van der Waals surface area contributed by atoms with E-state index in [2.05, 4.69) is 25.9 Å². The molecule has 2 aromatic carbocycles. The van der Waals surface area contributed by atoms with E-state index in [0.717, 1.165) is 9.86 Å². The fourth-order valence-corrected chi connectivity index (χ4v) is 2.58. The fourth-order valence-electron chi connectivity index (χ4n) is 2.13. The molecule has 1 aromatic heterocycles. The van der Waals surface area contributed by atoms with Gasteiger partial charge in [0.15, 0.2) is 0 Å². The zero-order valence-electron chi connectivity index (χ0n) is 11.7. The van der Waals surface area contributed by atoms with Gasteiger partial charge in [-0.1, -0.05) is 22.0 Å². The third kappa shape index (κ3) is 3.04. The molecule has 0 unspecified atom stereocenters. The number of nitrogens with zero attached hydrogens (tertiary/aromatic N) is 3. The molecule has 0 aliphatic carbocycles. The lowest BCUT2D eigenvalue weighted by molar-refractivity contribution is -0.384. The van der Waals surface area contributed by atoms with E-state index in [1.165, 1.54) is 24.4 Å². The van der Waals surface area contributed by atoms with Gasteiger partial charge in [-0.25, -0.2) is 0 Å². The second-order valence-electron chi connectivity index (χ2n) is 4.72. The lowest BCUT2D eigenvalue weighted by Crippen LogP contribution is -1.90. The second kappa shape index (κ2) is 6.13. The van der Waals surface area contributed by atoms with Crippen molar-refractivity contribution in [3.8, 4) is 5.75 Å².